The summed E-state index contributed by atoms with van der Waals surface area (Å²) in [7, 11) is 0. The van der Waals surface area contributed by atoms with Gasteiger partial charge in [-0.25, -0.2) is 9.67 Å². The minimum Gasteiger partial charge on any atom is -0.342 e. The minimum atomic E-state index is -0.290. The summed E-state index contributed by atoms with van der Waals surface area (Å²) in [6.45, 7) is 1.79. The molecular weight excluding hydrogens is 416 g/mol. The lowest BCUT2D eigenvalue weighted by Gasteiger charge is -2.32. The number of likely N-dealkylation sites (tertiary alicyclic amines) is 1. The van der Waals surface area contributed by atoms with Gasteiger partial charge in [-0.05, 0) is 30.4 Å². The molecule has 4 aromatic rings. The Balaban J connectivity index is 1.33. The number of aryl methyl sites for hydroxylation is 1. The fraction of sp³-hybridized carbons (Fsp3) is 0.320. The molecule has 1 atom stereocenters. The van der Waals surface area contributed by atoms with E-state index in [0.717, 1.165) is 36.9 Å². The summed E-state index contributed by atoms with van der Waals surface area (Å²) in [6.07, 6.45) is 2.96. The first-order valence-corrected chi connectivity index (χ1v) is 11.4. The van der Waals surface area contributed by atoms with Crippen LogP contribution in [0.15, 0.2) is 65.5 Å². The molecule has 1 saturated heterocycles. The number of hydrogen-bond acceptors (Lipinski definition) is 5. The van der Waals surface area contributed by atoms with E-state index in [4.69, 9.17) is 4.98 Å². The van der Waals surface area contributed by atoms with E-state index in [1.165, 1.54) is 0 Å². The number of carbonyl (C=O) groups excluding carboxylic acids is 1. The zero-order valence-electron chi connectivity index (χ0n) is 18.4. The summed E-state index contributed by atoms with van der Waals surface area (Å²) in [6, 6.07) is 19.9. The van der Waals surface area contributed by atoms with E-state index in [1.807, 2.05) is 65.6 Å². The molecule has 0 spiro atoms. The van der Waals surface area contributed by atoms with Gasteiger partial charge in [-0.15, -0.1) is 5.10 Å². The first-order valence-electron chi connectivity index (χ1n) is 11.4. The van der Waals surface area contributed by atoms with Crippen molar-refractivity contribution in [2.24, 2.45) is 0 Å². The summed E-state index contributed by atoms with van der Waals surface area (Å²) in [5.41, 5.74) is 2.64. The fourth-order valence-corrected chi connectivity index (χ4v) is 4.42. The molecule has 2 aromatic heterocycles. The lowest BCUT2D eigenvalue weighted by atomic mass is 9.96. The van der Waals surface area contributed by atoms with Crippen LogP contribution in [0.2, 0.25) is 0 Å². The maximum absolute atomic E-state index is 12.9. The first kappa shape index (κ1) is 21.1. The van der Waals surface area contributed by atoms with Crippen LogP contribution in [0.5, 0.6) is 0 Å². The SMILES string of the molecule is O=C(CCc1ccccc1)N1CCCC(c2nc3c(nnn3Cc3ccccc3)c(=O)[nH]2)C1. The van der Waals surface area contributed by atoms with Crippen LogP contribution in [0.3, 0.4) is 0 Å². The van der Waals surface area contributed by atoms with Crippen molar-refractivity contribution >= 4 is 17.1 Å². The van der Waals surface area contributed by atoms with E-state index in [2.05, 4.69) is 15.3 Å². The van der Waals surface area contributed by atoms with Crippen LogP contribution >= 0.6 is 0 Å². The topological polar surface area (TPSA) is 96.8 Å². The number of carbonyl (C=O) groups is 1. The van der Waals surface area contributed by atoms with Crippen molar-refractivity contribution in [3.8, 4) is 0 Å². The van der Waals surface area contributed by atoms with Gasteiger partial charge in [-0.3, -0.25) is 9.59 Å². The first-order chi connectivity index (χ1) is 16.2. The molecule has 33 heavy (non-hydrogen) atoms. The van der Waals surface area contributed by atoms with Crippen LogP contribution in [0.1, 0.15) is 42.1 Å². The van der Waals surface area contributed by atoms with Gasteiger partial charge in [0.15, 0.2) is 11.2 Å². The predicted octanol–water partition coefficient (Wildman–Crippen LogP) is 2.90. The van der Waals surface area contributed by atoms with Crippen molar-refractivity contribution in [1.29, 1.82) is 0 Å². The van der Waals surface area contributed by atoms with Gasteiger partial charge in [0.2, 0.25) is 5.91 Å². The number of piperidine rings is 1. The molecule has 8 heteroatoms. The monoisotopic (exact) mass is 442 g/mol. The molecule has 1 aliphatic heterocycles. The van der Waals surface area contributed by atoms with Crippen LogP contribution < -0.4 is 5.56 Å². The lowest BCUT2D eigenvalue weighted by Crippen LogP contribution is -2.40. The quantitative estimate of drug-likeness (QED) is 0.495. The van der Waals surface area contributed by atoms with Gasteiger partial charge < -0.3 is 9.88 Å². The zero-order valence-corrected chi connectivity index (χ0v) is 18.4. The zero-order chi connectivity index (χ0) is 22.6. The number of fused-ring (bicyclic) bond motifs is 1. The average molecular weight is 443 g/mol. The number of rotatable bonds is 6. The van der Waals surface area contributed by atoms with Crippen LogP contribution in [0, 0.1) is 0 Å². The van der Waals surface area contributed by atoms with Gasteiger partial charge in [0.05, 0.1) is 6.54 Å². The number of nitrogens with one attached hydrogen (secondary N) is 1. The standard InChI is InChI=1S/C25H26N6O2/c32-21(14-13-18-8-3-1-4-9-18)30-15-7-12-20(17-30)23-26-24-22(25(33)27-23)28-29-31(24)16-19-10-5-2-6-11-19/h1-6,8-11,20H,7,12-17H2,(H,26,27,33). The highest BCUT2D eigenvalue weighted by Gasteiger charge is 2.27. The summed E-state index contributed by atoms with van der Waals surface area (Å²) in [4.78, 5) is 35.1. The molecule has 0 aliphatic carbocycles. The van der Waals surface area contributed by atoms with Crippen molar-refractivity contribution in [3.63, 3.8) is 0 Å². The fourth-order valence-electron chi connectivity index (χ4n) is 4.42. The van der Waals surface area contributed by atoms with Gasteiger partial charge in [0.25, 0.3) is 5.56 Å². The highest BCUT2D eigenvalue weighted by atomic mass is 16.2. The Hall–Kier alpha value is -3.81. The maximum atomic E-state index is 12.9. The smallest absolute Gasteiger partial charge is 0.281 e. The van der Waals surface area contributed by atoms with Crippen molar-refractivity contribution in [2.45, 2.75) is 38.1 Å². The highest BCUT2D eigenvalue weighted by Crippen LogP contribution is 2.25. The molecule has 1 amide bonds. The normalized spacial score (nSPS) is 16.2. The highest BCUT2D eigenvalue weighted by molar-refractivity contribution is 5.76. The van der Waals surface area contributed by atoms with Gasteiger partial charge >= 0.3 is 0 Å². The number of aromatic nitrogens is 5. The number of nitrogens with zero attached hydrogens (tertiary/aromatic N) is 5. The summed E-state index contributed by atoms with van der Waals surface area (Å²) < 4.78 is 1.66. The van der Waals surface area contributed by atoms with Crippen LogP contribution in [-0.2, 0) is 17.8 Å². The Labute approximate surface area is 191 Å². The molecule has 3 heterocycles. The van der Waals surface area contributed by atoms with Crippen molar-refractivity contribution in [3.05, 3.63) is 88.0 Å². The number of hydrogen-bond donors (Lipinski definition) is 1. The Kier molecular flexibility index (Phi) is 5.97. The van der Waals surface area contributed by atoms with E-state index in [0.29, 0.717) is 31.0 Å². The Bertz CT molecular complexity index is 1300. The van der Waals surface area contributed by atoms with E-state index < -0.39 is 0 Å². The number of amides is 1. The Morgan fingerprint density at radius 1 is 1.03 bits per heavy atom. The molecule has 8 nitrogen and oxygen atoms in total. The lowest BCUT2D eigenvalue weighted by molar-refractivity contribution is -0.132. The Morgan fingerprint density at radius 2 is 1.76 bits per heavy atom. The third kappa shape index (κ3) is 4.69. The average Bonchev–Trinajstić information content (AvgIpc) is 3.27. The molecule has 1 fully saturated rings. The molecule has 1 aliphatic rings. The van der Waals surface area contributed by atoms with Crippen molar-refractivity contribution < 1.29 is 4.79 Å². The largest absolute Gasteiger partial charge is 0.342 e. The van der Waals surface area contributed by atoms with Crippen molar-refractivity contribution in [1.82, 2.24) is 29.9 Å². The van der Waals surface area contributed by atoms with Gasteiger partial charge in [-0.2, -0.15) is 0 Å². The summed E-state index contributed by atoms with van der Waals surface area (Å²) in [5.74, 6) is 0.726. The summed E-state index contributed by atoms with van der Waals surface area (Å²) >= 11 is 0. The van der Waals surface area contributed by atoms with Crippen molar-refractivity contribution in [2.75, 3.05) is 13.1 Å². The third-order valence-electron chi connectivity index (χ3n) is 6.20. The van der Waals surface area contributed by atoms with E-state index in [-0.39, 0.29) is 22.9 Å². The van der Waals surface area contributed by atoms with Gasteiger partial charge in [0, 0.05) is 25.4 Å². The molecule has 1 N–H and O–H groups in total. The van der Waals surface area contributed by atoms with Crippen LogP contribution in [-0.4, -0.2) is 48.9 Å². The maximum Gasteiger partial charge on any atom is 0.281 e. The van der Waals surface area contributed by atoms with E-state index >= 15 is 0 Å². The Morgan fingerprint density at radius 3 is 2.52 bits per heavy atom. The van der Waals surface area contributed by atoms with Crippen LogP contribution in [0.25, 0.3) is 11.2 Å². The van der Waals surface area contributed by atoms with Gasteiger partial charge in [-0.1, -0.05) is 65.9 Å². The predicted molar refractivity (Wildman–Crippen MR) is 125 cm³/mol. The number of H-pyrrole nitrogens is 1. The second-order valence-corrected chi connectivity index (χ2v) is 8.52. The third-order valence-corrected chi connectivity index (χ3v) is 6.20. The van der Waals surface area contributed by atoms with E-state index in [1.54, 1.807) is 4.68 Å². The minimum absolute atomic E-state index is 0.0170. The molecule has 1 unspecified atom stereocenters. The second kappa shape index (κ2) is 9.36. The molecule has 0 bridgehead atoms. The summed E-state index contributed by atoms with van der Waals surface area (Å²) in [5, 5.41) is 8.19. The molecule has 5 rings (SSSR count). The molecular formula is C25H26N6O2. The molecule has 0 radical (unpaired) electrons. The molecule has 2 aromatic carbocycles. The number of aromatic amines is 1. The molecule has 168 valence electrons. The molecule has 0 saturated carbocycles. The van der Waals surface area contributed by atoms with Gasteiger partial charge in [0.1, 0.15) is 5.82 Å². The second-order valence-electron chi connectivity index (χ2n) is 8.52. The van der Waals surface area contributed by atoms with E-state index in [9.17, 15) is 9.59 Å². The number of benzene rings is 2. The van der Waals surface area contributed by atoms with Crippen LogP contribution in [0.4, 0.5) is 0 Å².